The summed E-state index contributed by atoms with van der Waals surface area (Å²) in [5.74, 6) is -0.533. The molecule has 0 radical (unpaired) electrons. The normalized spacial score (nSPS) is 15.1. The topological polar surface area (TPSA) is 101 Å². The first kappa shape index (κ1) is 15.0. The Morgan fingerprint density at radius 2 is 1.86 bits per heavy atom. The van der Waals surface area contributed by atoms with E-state index in [1.807, 2.05) is 0 Å². The Morgan fingerprint density at radius 3 is 2.33 bits per heavy atom. The summed E-state index contributed by atoms with van der Waals surface area (Å²) in [5.41, 5.74) is 6.35. The van der Waals surface area contributed by atoms with Crippen molar-refractivity contribution in [2.24, 2.45) is 11.7 Å². The van der Waals surface area contributed by atoms with E-state index in [0.717, 1.165) is 12.8 Å². The molecule has 0 unspecified atom stereocenters. The highest BCUT2D eigenvalue weighted by Crippen LogP contribution is 2.33. The number of primary amides is 1. The summed E-state index contributed by atoms with van der Waals surface area (Å²) in [4.78, 5) is 34.4. The molecule has 0 heterocycles. The van der Waals surface area contributed by atoms with Crippen molar-refractivity contribution in [3.05, 3.63) is 29.8 Å². The van der Waals surface area contributed by atoms with Crippen LogP contribution in [0.25, 0.3) is 0 Å². The van der Waals surface area contributed by atoms with Gasteiger partial charge in [0, 0.05) is 18.2 Å². The Balaban J connectivity index is 1.97. The Bertz CT molecular complexity index is 550. The van der Waals surface area contributed by atoms with Crippen molar-refractivity contribution in [1.82, 2.24) is 5.32 Å². The zero-order chi connectivity index (χ0) is 15.4. The maximum absolute atomic E-state index is 12.1. The van der Waals surface area contributed by atoms with E-state index in [-0.39, 0.29) is 11.8 Å². The van der Waals surface area contributed by atoms with Gasteiger partial charge in [-0.05, 0) is 36.6 Å². The number of amides is 3. The largest absolute Gasteiger partial charge is 0.368 e. The Hall–Kier alpha value is -2.37. The van der Waals surface area contributed by atoms with Gasteiger partial charge in [0.05, 0.1) is 0 Å². The number of carbonyl (C=O) groups excluding carboxylic acids is 3. The second-order valence-electron chi connectivity index (χ2n) is 5.37. The number of benzene rings is 1. The molecule has 1 aliphatic rings. The minimum atomic E-state index is -0.625. The smallest absolute Gasteiger partial charge is 0.251 e. The van der Waals surface area contributed by atoms with Crippen LogP contribution in [0.1, 0.15) is 36.5 Å². The van der Waals surface area contributed by atoms with Crippen LogP contribution in [0.15, 0.2) is 24.3 Å². The Kier molecular flexibility index (Phi) is 4.57. The molecule has 1 atom stereocenters. The molecule has 2 rings (SSSR count). The molecule has 0 aliphatic heterocycles. The quantitative estimate of drug-likeness (QED) is 0.729. The first-order valence-electron chi connectivity index (χ1n) is 6.93. The van der Waals surface area contributed by atoms with Crippen molar-refractivity contribution in [2.45, 2.75) is 32.2 Å². The first-order chi connectivity index (χ1) is 9.95. The van der Waals surface area contributed by atoms with Gasteiger partial charge in [-0.1, -0.05) is 12.8 Å². The molecule has 0 spiro atoms. The molecule has 4 N–H and O–H groups in total. The van der Waals surface area contributed by atoms with Crippen LogP contribution >= 0.6 is 0 Å². The van der Waals surface area contributed by atoms with Crippen molar-refractivity contribution < 1.29 is 14.4 Å². The van der Waals surface area contributed by atoms with E-state index in [1.54, 1.807) is 24.3 Å². The third-order valence-corrected chi connectivity index (χ3v) is 3.38. The number of nitrogens with two attached hydrogens (primary N) is 1. The van der Waals surface area contributed by atoms with E-state index in [2.05, 4.69) is 10.6 Å². The molecule has 1 aliphatic carbocycles. The highest BCUT2D eigenvalue weighted by molar-refractivity contribution is 5.98. The van der Waals surface area contributed by atoms with Gasteiger partial charge in [-0.15, -0.1) is 0 Å². The summed E-state index contributed by atoms with van der Waals surface area (Å²) in [6.07, 6.45) is 2.78. The maximum atomic E-state index is 12.1. The summed E-state index contributed by atoms with van der Waals surface area (Å²) in [6, 6.07) is 5.83. The second-order valence-corrected chi connectivity index (χ2v) is 5.37. The molecule has 0 aromatic heterocycles. The number of rotatable bonds is 6. The van der Waals surface area contributed by atoms with Crippen LogP contribution in [0, 0.1) is 5.92 Å². The predicted octanol–water partition coefficient (Wildman–Crippen LogP) is 1.03. The summed E-state index contributed by atoms with van der Waals surface area (Å²) in [7, 11) is 0. The lowest BCUT2D eigenvalue weighted by Gasteiger charge is -2.15. The van der Waals surface area contributed by atoms with Gasteiger partial charge in [-0.25, -0.2) is 0 Å². The zero-order valence-electron chi connectivity index (χ0n) is 11.9. The van der Waals surface area contributed by atoms with E-state index in [9.17, 15) is 14.4 Å². The van der Waals surface area contributed by atoms with Gasteiger partial charge in [-0.2, -0.15) is 0 Å². The van der Waals surface area contributed by atoms with Crippen LogP contribution in [-0.2, 0) is 9.59 Å². The Morgan fingerprint density at radius 1 is 1.24 bits per heavy atom. The molecule has 1 fully saturated rings. The van der Waals surface area contributed by atoms with Gasteiger partial charge < -0.3 is 16.4 Å². The van der Waals surface area contributed by atoms with E-state index in [1.165, 1.54) is 6.92 Å². The van der Waals surface area contributed by atoms with Gasteiger partial charge in [0.15, 0.2) is 0 Å². The van der Waals surface area contributed by atoms with Gasteiger partial charge in [-0.3, -0.25) is 14.4 Å². The molecular weight excluding hydrogens is 270 g/mol. The fourth-order valence-corrected chi connectivity index (χ4v) is 2.08. The van der Waals surface area contributed by atoms with Crippen LogP contribution in [0.5, 0.6) is 0 Å². The fraction of sp³-hybridized carbons (Fsp3) is 0.400. The number of hydrogen-bond acceptors (Lipinski definition) is 3. The molecule has 3 amide bonds. The summed E-state index contributed by atoms with van der Waals surface area (Å²) in [6.45, 7) is 1.41. The summed E-state index contributed by atoms with van der Waals surface area (Å²) in [5, 5.41) is 5.28. The predicted molar refractivity (Wildman–Crippen MR) is 78.5 cm³/mol. The molecule has 6 heteroatoms. The van der Waals surface area contributed by atoms with Crippen molar-refractivity contribution in [2.75, 3.05) is 5.32 Å². The second kappa shape index (κ2) is 6.39. The molecule has 1 aromatic rings. The van der Waals surface area contributed by atoms with Gasteiger partial charge in [0.1, 0.15) is 6.04 Å². The number of hydrogen-bond donors (Lipinski definition) is 3. The summed E-state index contributed by atoms with van der Waals surface area (Å²) < 4.78 is 0. The SMILES string of the molecule is CC(=O)Nc1ccc(C(=O)N[C@H](CC2CC2)C(N)=O)cc1. The molecule has 0 bridgehead atoms. The van der Waals surface area contributed by atoms with Crippen LogP contribution in [0.2, 0.25) is 0 Å². The van der Waals surface area contributed by atoms with Crippen LogP contribution in [0.4, 0.5) is 5.69 Å². The lowest BCUT2D eigenvalue weighted by molar-refractivity contribution is -0.120. The minimum Gasteiger partial charge on any atom is -0.368 e. The van der Waals surface area contributed by atoms with Crippen LogP contribution in [0.3, 0.4) is 0 Å². The number of anilines is 1. The van der Waals surface area contributed by atoms with E-state index in [4.69, 9.17) is 5.73 Å². The van der Waals surface area contributed by atoms with Crippen molar-refractivity contribution in [3.8, 4) is 0 Å². The van der Waals surface area contributed by atoms with Gasteiger partial charge >= 0.3 is 0 Å². The van der Waals surface area contributed by atoms with Crippen molar-refractivity contribution in [1.29, 1.82) is 0 Å². The van der Waals surface area contributed by atoms with Crippen molar-refractivity contribution >= 4 is 23.4 Å². The molecule has 112 valence electrons. The van der Waals surface area contributed by atoms with Crippen molar-refractivity contribution in [3.63, 3.8) is 0 Å². The highest BCUT2D eigenvalue weighted by Gasteiger charge is 2.29. The van der Waals surface area contributed by atoms with Gasteiger partial charge in [0.25, 0.3) is 5.91 Å². The summed E-state index contributed by atoms with van der Waals surface area (Å²) >= 11 is 0. The third kappa shape index (κ3) is 4.59. The number of carbonyl (C=O) groups is 3. The van der Waals surface area contributed by atoms with Crippen LogP contribution < -0.4 is 16.4 Å². The standard InChI is InChI=1S/C15H19N3O3/c1-9(19)17-12-6-4-11(5-7-12)15(21)18-13(14(16)20)8-10-2-3-10/h4-7,10,13H,2-3,8H2,1H3,(H2,16,20)(H,17,19)(H,18,21)/t13-/m1/s1. The third-order valence-electron chi connectivity index (χ3n) is 3.38. The average Bonchev–Trinajstić information content (AvgIpc) is 3.22. The average molecular weight is 289 g/mol. The molecule has 0 saturated heterocycles. The van der Waals surface area contributed by atoms with E-state index < -0.39 is 11.9 Å². The van der Waals surface area contributed by atoms with E-state index >= 15 is 0 Å². The molecule has 6 nitrogen and oxygen atoms in total. The fourth-order valence-electron chi connectivity index (χ4n) is 2.08. The zero-order valence-corrected chi connectivity index (χ0v) is 11.9. The van der Waals surface area contributed by atoms with Crippen LogP contribution in [-0.4, -0.2) is 23.8 Å². The Labute approximate surface area is 123 Å². The highest BCUT2D eigenvalue weighted by atomic mass is 16.2. The van der Waals surface area contributed by atoms with Gasteiger partial charge in [0.2, 0.25) is 11.8 Å². The molecule has 1 aromatic carbocycles. The van der Waals surface area contributed by atoms with E-state index in [0.29, 0.717) is 23.6 Å². The maximum Gasteiger partial charge on any atom is 0.251 e. The minimum absolute atomic E-state index is 0.176. The monoisotopic (exact) mass is 289 g/mol. The first-order valence-corrected chi connectivity index (χ1v) is 6.93. The molecule has 21 heavy (non-hydrogen) atoms. The molecule has 1 saturated carbocycles. The lowest BCUT2D eigenvalue weighted by Crippen LogP contribution is -2.44. The number of nitrogens with one attached hydrogen (secondary N) is 2. The molecular formula is C15H19N3O3. The lowest BCUT2D eigenvalue weighted by atomic mass is 10.1.